The van der Waals surface area contributed by atoms with Gasteiger partial charge in [0, 0.05) is 7.11 Å². The fourth-order valence-corrected chi connectivity index (χ4v) is 2.69. The molecule has 4 heteroatoms. The molecule has 0 saturated heterocycles. The SMILES string of the molecule is COCC[NH2+]C[C@@H](O)CO[C@H]1CCCc2ccccc21. The van der Waals surface area contributed by atoms with Crippen LogP contribution in [0.4, 0.5) is 0 Å². The third-order valence-corrected chi connectivity index (χ3v) is 3.77. The van der Waals surface area contributed by atoms with Crippen molar-refractivity contribution in [2.24, 2.45) is 0 Å². The summed E-state index contributed by atoms with van der Waals surface area (Å²) in [7, 11) is 1.69. The molecule has 0 amide bonds. The molecule has 0 unspecified atom stereocenters. The van der Waals surface area contributed by atoms with Crippen LogP contribution in [0.2, 0.25) is 0 Å². The summed E-state index contributed by atoms with van der Waals surface area (Å²) >= 11 is 0. The topological polar surface area (TPSA) is 55.3 Å². The monoisotopic (exact) mass is 280 g/mol. The largest absolute Gasteiger partial charge is 0.385 e. The molecule has 0 fully saturated rings. The lowest BCUT2D eigenvalue weighted by Crippen LogP contribution is -2.87. The van der Waals surface area contributed by atoms with Crippen LogP contribution < -0.4 is 5.32 Å². The standard InChI is InChI=1S/C16H25NO3/c1-19-10-9-17-11-14(18)12-20-16-8-4-6-13-5-2-3-7-15(13)16/h2-3,5,7,14,16-18H,4,6,8-12H2,1H3/p+1/t14-,16+/m1/s1. The van der Waals surface area contributed by atoms with Crippen molar-refractivity contribution in [3.05, 3.63) is 35.4 Å². The Hall–Kier alpha value is -0.940. The summed E-state index contributed by atoms with van der Waals surface area (Å²) in [5.41, 5.74) is 2.69. The normalized spacial score (nSPS) is 19.6. The zero-order chi connectivity index (χ0) is 14.2. The predicted octanol–water partition coefficient (Wildman–Crippen LogP) is 0.651. The van der Waals surface area contributed by atoms with Gasteiger partial charge in [0.1, 0.15) is 12.6 Å². The highest BCUT2D eigenvalue weighted by molar-refractivity contribution is 5.31. The third-order valence-electron chi connectivity index (χ3n) is 3.77. The van der Waals surface area contributed by atoms with Crippen molar-refractivity contribution in [2.75, 3.05) is 33.4 Å². The van der Waals surface area contributed by atoms with Gasteiger partial charge in [0.25, 0.3) is 0 Å². The number of aryl methyl sites for hydroxylation is 1. The molecule has 0 aliphatic heterocycles. The number of nitrogens with two attached hydrogens (primary N) is 1. The van der Waals surface area contributed by atoms with Gasteiger partial charge in [0.15, 0.2) is 0 Å². The molecule has 20 heavy (non-hydrogen) atoms. The minimum absolute atomic E-state index is 0.147. The first-order chi connectivity index (χ1) is 9.81. The summed E-state index contributed by atoms with van der Waals surface area (Å²) in [6.07, 6.45) is 3.09. The molecule has 0 aromatic heterocycles. The molecule has 0 spiro atoms. The predicted molar refractivity (Wildman–Crippen MR) is 77.6 cm³/mol. The van der Waals surface area contributed by atoms with E-state index in [2.05, 4.69) is 29.6 Å². The fourth-order valence-electron chi connectivity index (χ4n) is 2.69. The number of benzene rings is 1. The van der Waals surface area contributed by atoms with Gasteiger partial charge in [-0.25, -0.2) is 0 Å². The van der Waals surface area contributed by atoms with Crippen molar-refractivity contribution in [2.45, 2.75) is 31.5 Å². The molecule has 1 aliphatic rings. The average Bonchev–Trinajstić information content (AvgIpc) is 2.49. The Morgan fingerprint density at radius 1 is 1.40 bits per heavy atom. The van der Waals surface area contributed by atoms with Crippen molar-refractivity contribution in [1.29, 1.82) is 0 Å². The Kier molecular flexibility index (Phi) is 6.47. The lowest BCUT2D eigenvalue weighted by atomic mass is 9.89. The van der Waals surface area contributed by atoms with Crippen molar-refractivity contribution in [3.8, 4) is 0 Å². The van der Waals surface area contributed by atoms with Crippen LogP contribution in [0.3, 0.4) is 0 Å². The molecule has 0 bridgehead atoms. The van der Waals surface area contributed by atoms with Gasteiger partial charge >= 0.3 is 0 Å². The van der Waals surface area contributed by atoms with Crippen LogP contribution in [0.15, 0.2) is 24.3 Å². The number of fused-ring (bicyclic) bond motifs is 1. The molecular formula is C16H26NO3+. The number of rotatable bonds is 8. The Bertz CT molecular complexity index is 397. The Morgan fingerprint density at radius 3 is 3.10 bits per heavy atom. The number of ether oxygens (including phenoxy) is 2. The number of hydrogen-bond acceptors (Lipinski definition) is 3. The summed E-state index contributed by atoms with van der Waals surface area (Å²) in [6.45, 7) is 2.66. The average molecular weight is 280 g/mol. The molecule has 2 rings (SSSR count). The van der Waals surface area contributed by atoms with Gasteiger partial charge in [-0.05, 0) is 30.4 Å². The van der Waals surface area contributed by atoms with E-state index in [4.69, 9.17) is 9.47 Å². The van der Waals surface area contributed by atoms with Gasteiger partial charge in [-0.1, -0.05) is 24.3 Å². The van der Waals surface area contributed by atoms with E-state index < -0.39 is 6.10 Å². The van der Waals surface area contributed by atoms with E-state index in [0.717, 1.165) is 25.8 Å². The quantitative estimate of drug-likeness (QED) is 0.688. The first kappa shape index (κ1) is 15.4. The summed E-state index contributed by atoms with van der Waals surface area (Å²) < 4.78 is 10.9. The van der Waals surface area contributed by atoms with Gasteiger partial charge in [-0.15, -0.1) is 0 Å². The molecular weight excluding hydrogens is 254 g/mol. The number of quaternary nitrogens is 1. The van der Waals surface area contributed by atoms with E-state index in [1.54, 1.807) is 7.11 Å². The molecule has 1 aromatic rings. The second-order valence-corrected chi connectivity index (χ2v) is 5.37. The lowest BCUT2D eigenvalue weighted by Gasteiger charge is -2.26. The summed E-state index contributed by atoms with van der Waals surface area (Å²) in [6, 6.07) is 8.48. The highest BCUT2D eigenvalue weighted by atomic mass is 16.5. The molecule has 0 heterocycles. The van der Waals surface area contributed by atoms with Gasteiger partial charge in [-0.3, -0.25) is 0 Å². The summed E-state index contributed by atoms with van der Waals surface area (Å²) in [5.74, 6) is 0. The highest BCUT2D eigenvalue weighted by Crippen LogP contribution is 2.32. The number of aliphatic hydroxyl groups excluding tert-OH is 1. The second-order valence-electron chi connectivity index (χ2n) is 5.37. The van der Waals surface area contributed by atoms with E-state index in [1.807, 2.05) is 0 Å². The van der Waals surface area contributed by atoms with Crippen LogP contribution in [0.1, 0.15) is 30.1 Å². The first-order valence-corrected chi connectivity index (χ1v) is 7.49. The fraction of sp³-hybridized carbons (Fsp3) is 0.625. The third kappa shape index (κ3) is 4.56. The number of aliphatic hydroxyl groups is 1. The molecule has 0 radical (unpaired) electrons. The minimum Gasteiger partial charge on any atom is -0.385 e. The van der Waals surface area contributed by atoms with Crippen molar-refractivity contribution in [3.63, 3.8) is 0 Å². The maximum absolute atomic E-state index is 9.93. The minimum atomic E-state index is -0.416. The maximum Gasteiger partial charge on any atom is 0.126 e. The van der Waals surface area contributed by atoms with Crippen molar-refractivity contribution in [1.82, 2.24) is 0 Å². The smallest absolute Gasteiger partial charge is 0.126 e. The first-order valence-electron chi connectivity index (χ1n) is 7.49. The van der Waals surface area contributed by atoms with E-state index in [0.29, 0.717) is 19.8 Å². The Balaban J connectivity index is 1.74. The van der Waals surface area contributed by atoms with Crippen molar-refractivity contribution < 1.29 is 19.9 Å². The van der Waals surface area contributed by atoms with Gasteiger partial charge in [0.2, 0.25) is 0 Å². The van der Waals surface area contributed by atoms with E-state index in [1.165, 1.54) is 11.1 Å². The summed E-state index contributed by atoms with van der Waals surface area (Å²) in [4.78, 5) is 0. The molecule has 112 valence electrons. The Morgan fingerprint density at radius 2 is 2.25 bits per heavy atom. The van der Waals surface area contributed by atoms with Crippen LogP contribution in [-0.4, -0.2) is 44.6 Å². The van der Waals surface area contributed by atoms with Gasteiger partial charge < -0.3 is 19.9 Å². The molecule has 0 saturated carbocycles. The van der Waals surface area contributed by atoms with Crippen LogP contribution in [0, 0.1) is 0 Å². The number of hydrogen-bond donors (Lipinski definition) is 2. The highest BCUT2D eigenvalue weighted by Gasteiger charge is 2.21. The molecule has 4 nitrogen and oxygen atoms in total. The maximum atomic E-state index is 9.93. The molecule has 3 N–H and O–H groups in total. The van der Waals surface area contributed by atoms with Gasteiger partial charge in [0.05, 0.1) is 25.9 Å². The zero-order valence-electron chi connectivity index (χ0n) is 12.3. The zero-order valence-corrected chi connectivity index (χ0v) is 12.3. The molecule has 1 aliphatic carbocycles. The number of methoxy groups -OCH3 is 1. The molecule has 1 aromatic carbocycles. The van der Waals surface area contributed by atoms with E-state index >= 15 is 0 Å². The van der Waals surface area contributed by atoms with Crippen LogP contribution in [0.25, 0.3) is 0 Å². The van der Waals surface area contributed by atoms with Crippen molar-refractivity contribution >= 4 is 0 Å². The Labute approximate surface area is 121 Å². The van der Waals surface area contributed by atoms with Crippen LogP contribution >= 0.6 is 0 Å². The van der Waals surface area contributed by atoms with E-state index in [-0.39, 0.29) is 6.10 Å². The second kappa shape index (κ2) is 8.37. The van der Waals surface area contributed by atoms with Crippen LogP contribution in [-0.2, 0) is 15.9 Å². The summed E-state index contributed by atoms with van der Waals surface area (Å²) in [5, 5.41) is 12.0. The van der Waals surface area contributed by atoms with Crippen LogP contribution in [0.5, 0.6) is 0 Å². The van der Waals surface area contributed by atoms with Gasteiger partial charge in [-0.2, -0.15) is 0 Å². The van der Waals surface area contributed by atoms with E-state index in [9.17, 15) is 5.11 Å². The lowest BCUT2D eigenvalue weighted by molar-refractivity contribution is -0.662. The molecule has 2 atom stereocenters.